The average Bonchev–Trinajstić information content (AvgIpc) is 2.81. The maximum Gasteiger partial charge on any atom is 0.218 e. The normalized spacial score (nSPS) is 21.2. The van der Waals surface area contributed by atoms with E-state index >= 15 is 0 Å². The van der Waals surface area contributed by atoms with Crippen molar-refractivity contribution in [2.45, 2.75) is 32.9 Å². The molecule has 0 amide bonds. The molecule has 0 spiro atoms. The highest BCUT2D eigenvalue weighted by Crippen LogP contribution is 2.35. The van der Waals surface area contributed by atoms with Crippen LogP contribution in [-0.2, 0) is 15.8 Å². The van der Waals surface area contributed by atoms with Gasteiger partial charge in [-0.2, -0.15) is 0 Å². The van der Waals surface area contributed by atoms with Crippen molar-refractivity contribution in [1.82, 2.24) is 4.31 Å². The van der Waals surface area contributed by atoms with E-state index in [1.807, 2.05) is 12.1 Å². The van der Waals surface area contributed by atoms with Crippen molar-refractivity contribution in [3.63, 3.8) is 0 Å². The number of nitrogens with two attached hydrogens (primary N) is 1. The van der Waals surface area contributed by atoms with E-state index in [0.717, 1.165) is 6.42 Å². The lowest BCUT2D eigenvalue weighted by Crippen LogP contribution is -2.32. The van der Waals surface area contributed by atoms with Crippen LogP contribution >= 0.6 is 0 Å². The molecule has 0 saturated carbocycles. The smallest absolute Gasteiger partial charge is 0.218 e. The van der Waals surface area contributed by atoms with Gasteiger partial charge in [-0.25, -0.2) is 12.7 Å². The third kappa shape index (κ3) is 3.33. The summed E-state index contributed by atoms with van der Waals surface area (Å²) in [6, 6.07) is 7.16. The van der Waals surface area contributed by atoms with E-state index in [9.17, 15) is 8.42 Å². The van der Waals surface area contributed by atoms with E-state index in [2.05, 4.69) is 20.8 Å². The molecule has 0 aromatic heterocycles. The van der Waals surface area contributed by atoms with Gasteiger partial charge in [-0.15, -0.1) is 0 Å². The molecule has 1 aliphatic heterocycles. The van der Waals surface area contributed by atoms with E-state index in [4.69, 9.17) is 5.73 Å². The van der Waals surface area contributed by atoms with Gasteiger partial charge in [0.1, 0.15) is 0 Å². The zero-order chi connectivity index (χ0) is 15.0. The summed E-state index contributed by atoms with van der Waals surface area (Å²) < 4.78 is 26.6. The number of hydrogen-bond donors (Lipinski definition) is 1. The van der Waals surface area contributed by atoms with Gasteiger partial charge >= 0.3 is 0 Å². The number of nitrogens with zero attached hydrogens (tertiary/aromatic N) is 1. The first kappa shape index (κ1) is 15.3. The Bertz CT molecular complexity index is 576. The van der Waals surface area contributed by atoms with Crippen molar-refractivity contribution >= 4 is 15.7 Å². The minimum Gasteiger partial charge on any atom is -0.398 e. The molecule has 5 heteroatoms. The van der Waals surface area contributed by atoms with Crippen molar-refractivity contribution in [3.05, 3.63) is 29.8 Å². The molecule has 0 aliphatic carbocycles. The summed E-state index contributed by atoms with van der Waals surface area (Å²) in [6.07, 6.45) is 0.938. The van der Waals surface area contributed by atoms with Crippen LogP contribution < -0.4 is 5.73 Å². The molecule has 1 saturated heterocycles. The van der Waals surface area contributed by atoms with Crippen LogP contribution in [0.15, 0.2) is 24.3 Å². The van der Waals surface area contributed by atoms with E-state index in [1.54, 1.807) is 16.4 Å². The van der Waals surface area contributed by atoms with Gasteiger partial charge in [0.05, 0.1) is 5.75 Å². The summed E-state index contributed by atoms with van der Waals surface area (Å²) in [5.74, 6) is 0.418. The largest absolute Gasteiger partial charge is 0.398 e. The lowest BCUT2D eigenvalue weighted by atomic mass is 9.80. The van der Waals surface area contributed by atoms with E-state index < -0.39 is 10.0 Å². The summed E-state index contributed by atoms with van der Waals surface area (Å²) in [4.78, 5) is 0. The number of sulfonamides is 1. The molecule has 0 bridgehead atoms. The molecule has 1 aliphatic rings. The zero-order valence-corrected chi connectivity index (χ0v) is 13.3. The molecule has 4 nitrogen and oxygen atoms in total. The lowest BCUT2D eigenvalue weighted by molar-refractivity contribution is 0.252. The predicted octanol–water partition coefficient (Wildman–Crippen LogP) is 2.47. The fourth-order valence-electron chi connectivity index (χ4n) is 2.64. The van der Waals surface area contributed by atoms with Crippen LogP contribution in [0.2, 0.25) is 0 Å². The monoisotopic (exact) mass is 296 g/mol. The van der Waals surface area contributed by atoms with Crippen molar-refractivity contribution in [2.24, 2.45) is 11.3 Å². The Hall–Kier alpha value is -1.07. The first-order chi connectivity index (χ1) is 9.20. The van der Waals surface area contributed by atoms with Gasteiger partial charge in [0.15, 0.2) is 0 Å². The molecule has 1 atom stereocenters. The van der Waals surface area contributed by atoms with Crippen molar-refractivity contribution in [1.29, 1.82) is 0 Å². The Kier molecular flexibility index (Phi) is 4.12. The van der Waals surface area contributed by atoms with Crippen LogP contribution in [-0.4, -0.2) is 25.8 Å². The molecule has 2 rings (SSSR count). The number of benzene rings is 1. The van der Waals surface area contributed by atoms with Crippen molar-refractivity contribution in [2.75, 3.05) is 18.8 Å². The Labute approximate surface area is 122 Å². The fraction of sp³-hybridized carbons (Fsp3) is 0.600. The standard InChI is InChI=1S/C15H24N2O2S/c1-15(2,3)13-8-9-17(10-13)20(18,19)11-12-6-4-5-7-14(12)16/h4-7,13H,8-11,16H2,1-3H3. The predicted molar refractivity (Wildman–Crippen MR) is 82.6 cm³/mol. The second kappa shape index (κ2) is 5.37. The summed E-state index contributed by atoms with van der Waals surface area (Å²) in [5, 5.41) is 0. The van der Waals surface area contributed by atoms with Crippen LogP contribution in [0.25, 0.3) is 0 Å². The second-order valence-corrected chi connectivity index (χ2v) is 8.63. The van der Waals surface area contributed by atoms with Crippen LogP contribution in [0, 0.1) is 11.3 Å². The highest BCUT2D eigenvalue weighted by Gasteiger charge is 2.36. The van der Waals surface area contributed by atoms with Crippen LogP contribution in [0.4, 0.5) is 5.69 Å². The molecule has 20 heavy (non-hydrogen) atoms. The summed E-state index contributed by atoms with van der Waals surface area (Å²) >= 11 is 0. The second-order valence-electron chi connectivity index (χ2n) is 6.66. The first-order valence-corrected chi connectivity index (χ1v) is 8.62. The summed E-state index contributed by atoms with van der Waals surface area (Å²) in [6.45, 7) is 7.75. The summed E-state index contributed by atoms with van der Waals surface area (Å²) in [7, 11) is -3.28. The van der Waals surface area contributed by atoms with Crippen LogP contribution in [0.1, 0.15) is 32.8 Å². The lowest BCUT2D eigenvalue weighted by Gasteiger charge is -2.27. The molecule has 1 heterocycles. The van der Waals surface area contributed by atoms with Gasteiger partial charge < -0.3 is 5.73 Å². The minimum atomic E-state index is -3.28. The minimum absolute atomic E-state index is 0.00344. The van der Waals surface area contributed by atoms with Crippen LogP contribution in [0.5, 0.6) is 0 Å². The molecule has 1 unspecified atom stereocenters. The Morgan fingerprint density at radius 2 is 1.95 bits per heavy atom. The van der Waals surface area contributed by atoms with E-state index in [-0.39, 0.29) is 11.2 Å². The molecular formula is C15H24N2O2S. The van der Waals surface area contributed by atoms with Crippen LogP contribution in [0.3, 0.4) is 0 Å². The van der Waals surface area contributed by atoms with Gasteiger partial charge in [-0.05, 0) is 29.4 Å². The van der Waals surface area contributed by atoms with E-state index in [0.29, 0.717) is 30.3 Å². The van der Waals surface area contributed by atoms with Crippen molar-refractivity contribution < 1.29 is 8.42 Å². The molecule has 1 aromatic carbocycles. The van der Waals surface area contributed by atoms with E-state index in [1.165, 1.54) is 0 Å². The Morgan fingerprint density at radius 1 is 1.30 bits per heavy atom. The number of rotatable bonds is 3. The zero-order valence-electron chi connectivity index (χ0n) is 12.5. The molecule has 1 fully saturated rings. The highest BCUT2D eigenvalue weighted by molar-refractivity contribution is 7.88. The molecule has 1 aromatic rings. The third-order valence-electron chi connectivity index (χ3n) is 4.16. The quantitative estimate of drug-likeness (QED) is 0.872. The molecule has 112 valence electrons. The summed E-state index contributed by atoms with van der Waals surface area (Å²) in [5.41, 5.74) is 7.22. The molecule has 0 radical (unpaired) electrons. The number of hydrogen-bond acceptors (Lipinski definition) is 3. The van der Waals surface area contributed by atoms with Gasteiger partial charge in [0, 0.05) is 18.8 Å². The molecule has 2 N–H and O–H groups in total. The van der Waals surface area contributed by atoms with Crippen molar-refractivity contribution in [3.8, 4) is 0 Å². The van der Waals surface area contributed by atoms with Gasteiger partial charge in [-0.3, -0.25) is 0 Å². The number of para-hydroxylation sites is 1. The number of nitrogen functional groups attached to an aromatic ring is 1. The first-order valence-electron chi connectivity index (χ1n) is 7.01. The maximum atomic E-state index is 12.5. The third-order valence-corrected chi connectivity index (χ3v) is 5.96. The van der Waals surface area contributed by atoms with Gasteiger partial charge in [0.25, 0.3) is 0 Å². The Balaban J connectivity index is 2.11. The number of anilines is 1. The van der Waals surface area contributed by atoms with Gasteiger partial charge in [0.2, 0.25) is 10.0 Å². The fourth-order valence-corrected chi connectivity index (χ4v) is 4.27. The Morgan fingerprint density at radius 3 is 2.50 bits per heavy atom. The topological polar surface area (TPSA) is 63.4 Å². The maximum absolute atomic E-state index is 12.5. The average molecular weight is 296 g/mol. The highest BCUT2D eigenvalue weighted by atomic mass is 32.2. The van der Waals surface area contributed by atoms with Gasteiger partial charge in [-0.1, -0.05) is 39.0 Å². The molecular weight excluding hydrogens is 272 g/mol. The SMILES string of the molecule is CC(C)(C)C1CCN(S(=O)(=O)Cc2ccccc2N)C1.